The number of aryl methyl sites for hydroxylation is 1. The smallest absolute Gasteiger partial charge is 0.223 e. The van der Waals surface area contributed by atoms with Gasteiger partial charge < -0.3 is 15.5 Å². The predicted molar refractivity (Wildman–Crippen MR) is 87.8 cm³/mol. The third-order valence-corrected chi connectivity index (χ3v) is 5.55. The van der Waals surface area contributed by atoms with Crippen LogP contribution in [0.2, 0.25) is 0 Å². The van der Waals surface area contributed by atoms with E-state index in [0.717, 1.165) is 42.3 Å². The summed E-state index contributed by atoms with van der Waals surface area (Å²) in [5.41, 5.74) is 8.85. The Morgan fingerprint density at radius 2 is 2.26 bits per heavy atom. The molecule has 23 heavy (non-hydrogen) atoms. The lowest BCUT2D eigenvalue weighted by Crippen LogP contribution is -2.44. The molecule has 0 saturated heterocycles. The second-order valence-electron chi connectivity index (χ2n) is 7.03. The highest BCUT2D eigenvalue weighted by Crippen LogP contribution is 2.48. The van der Waals surface area contributed by atoms with Crippen molar-refractivity contribution >= 4 is 17.0 Å². The monoisotopic (exact) mass is 313 g/mol. The van der Waals surface area contributed by atoms with Gasteiger partial charge in [0.2, 0.25) is 5.91 Å². The van der Waals surface area contributed by atoms with Crippen LogP contribution >= 0.6 is 0 Å². The Morgan fingerprint density at radius 3 is 3.04 bits per heavy atom. The number of nitrogens with one attached hydrogen (secondary N) is 1. The summed E-state index contributed by atoms with van der Waals surface area (Å²) < 4.78 is 5.55. The molecule has 1 heterocycles. The maximum absolute atomic E-state index is 12.3. The summed E-state index contributed by atoms with van der Waals surface area (Å²) in [6.07, 6.45) is 3.86. The molecule has 122 valence electrons. The van der Waals surface area contributed by atoms with E-state index in [1.165, 1.54) is 0 Å². The van der Waals surface area contributed by atoms with E-state index in [0.29, 0.717) is 30.3 Å². The van der Waals surface area contributed by atoms with Gasteiger partial charge in [0.1, 0.15) is 5.52 Å². The van der Waals surface area contributed by atoms with E-state index < -0.39 is 0 Å². The maximum atomic E-state index is 12.3. The summed E-state index contributed by atoms with van der Waals surface area (Å²) in [6, 6.07) is 6.27. The Labute approximate surface area is 135 Å². The SMILES string of the molecule is Cc1nc2c(CCNC(=O)C3C[C@@H]4C[C@H](N)[C@@H]4C3)cccc2o1. The number of oxazole rings is 1. The molecule has 2 fully saturated rings. The highest BCUT2D eigenvalue weighted by molar-refractivity contribution is 5.79. The topological polar surface area (TPSA) is 81.2 Å². The fraction of sp³-hybridized carbons (Fsp3) is 0.556. The Morgan fingerprint density at radius 1 is 1.39 bits per heavy atom. The van der Waals surface area contributed by atoms with Gasteiger partial charge in [0.25, 0.3) is 0 Å². The van der Waals surface area contributed by atoms with Gasteiger partial charge in [-0.3, -0.25) is 4.79 Å². The van der Waals surface area contributed by atoms with Crippen molar-refractivity contribution in [3.05, 3.63) is 29.7 Å². The molecule has 5 heteroatoms. The van der Waals surface area contributed by atoms with E-state index >= 15 is 0 Å². The van der Waals surface area contributed by atoms with Gasteiger partial charge in [-0.15, -0.1) is 0 Å². The lowest BCUT2D eigenvalue weighted by molar-refractivity contribution is -0.124. The molecule has 4 rings (SSSR count). The second-order valence-corrected chi connectivity index (χ2v) is 7.03. The van der Waals surface area contributed by atoms with Gasteiger partial charge in [0.15, 0.2) is 11.5 Å². The molecule has 2 saturated carbocycles. The zero-order chi connectivity index (χ0) is 16.0. The largest absolute Gasteiger partial charge is 0.441 e. The highest BCUT2D eigenvalue weighted by Gasteiger charge is 2.47. The molecule has 0 spiro atoms. The lowest BCUT2D eigenvalue weighted by Gasteiger charge is -2.37. The minimum Gasteiger partial charge on any atom is -0.441 e. The second kappa shape index (κ2) is 5.64. The summed E-state index contributed by atoms with van der Waals surface area (Å²) in [4.78, 5) is 16.8. The number of para-hydroxylation sites is 1. The fourth-order valence-electron chi connectivity index (χ4n) is 4.28. The van der Waals surface area contributed by atoms with Crippen LogP contribution in [0, 0.1) is 24.7 Å². The van der Waals surface area contributed by atoms with Crippen molar-refractivity contribution in [3.8, 4) is 0 Å². The van der Waals surface area contributed by atoms with Crippen molar-refractivity contribution in [2.45, 2.75) is 38.6 Å². The molecule has 2 aliphatic carbocycles. The number of hydrogen-bond donors (Lipinski definition) is 2. The number of aromatic nitrogens is 1. The molecule has 1 aromatic carbocycles. The van der Waals surface area contributed by atoms with E-state index in [9.17, 15) is 4.79 Å². The molecule has 0 aliphatic heterocycles. The van der Waals surface area contributed by atoms with Crippen LogP contribution in [0.25, 0.3) is 11.1 Å². The number of carbonyl (C=O) groups is 1. The first-order valence-electron chi connectivity index (χ1n) is 8.50. The zero-order valence-electron chi connectivity index (χ0n) is 13.4. The van der Waals surface area contributed by atoms with Gasteiger partial charge in [-0.2, -0.15) is 0 Å². The molecule has 3 N–H and O–H groups in total. The van der Waals surface area contributed by atoms with Crippen LogP contribution in [-0.2, 0) is 11.2 Å². The quantitative estimate of drug-likeness (QED) is 0.906. The summed E-state index contributed by atoms with van der Waals surface area (Å²) >= 11 is 0. The lowest BCUT2D eigenvalue weighted by atomic mass is 9.72. The first-order chi connectivity index (χ1) is 11.1. The number of amides is 1. The normalized spacial score (nSPS) is 29.3. The summed E-state index contributed by atoms with van der Waals surface area (Å²) in [7, 11) is 0. The van der Waals surface area contributed by atoms with Crippen molar-refractivity contribution in [1.82, 2.24) is 10.3 Å². The Kier molecular flexibility index (Phi) is 3.60. The fourth-order valence-corrected chi connectivity index (χ4v) is 4.28. The molecule has 2 aromatic rings. The summed E-state index contributed by atoms with van der Waals surface area (Å²) in [5.74, 6) is 2.29. The number of fused-ring (bicyclic) bond motifs is 2. The Hall–Kier alpha value is -1.88. The van der Waals surface area contributed by atoms with Crippen molar-refractivity contribution in [1.29, 1.82) is 0 Å². The number of nitrogens with zero attached hydrogens (tertiary/aromatic N) is 1. The predicted octanol–water partition coefficient (Wildman–Crippen LogP) is 2.17. The van der Waals surface area contributed by atoms with E-state index in [4.69, 9.17) is 10.2 Å². The highest BCUT2D eigenvalue weighted by atomic mass is 16.3. The van der Waals surface area contributed by atoms with Crippen LogP contribution in [-0.4, -0.2) is 23.5 Å². The van der Waals surface area contributed by atoms with Gasteiger partial charge >= 0.3 is 0 Å². The van der Waals surface area contributed by atoms with Crippen LogP contribution in [0.4, 0.5) is 0 Å². The van der Waals surface area contributed by atoms with Crippen LogP contribution < -0.4 is 11.1 Å². The first-order valence-corrected chi connectivity index (χ1v) is 8.50. The molecular weight excluding hydrogens is 290 g/mol. The van der Waals surface area contributed by atoms with Crippen LogP contribution in [0.3, 0.4) is 0 Å². The van der Waals surface area contributed by atoms with Gasteiger partial charge in [-0.05, 0) is 49.1 Å². The Bertz CT molecular complexity index is 739. The zero-order valence-corrected chi connectivity index (χ0v) is 13.4. The molecule has 1 aromatic heterocycles. The van der Waals surface area contributed by atoms with Crippen LogP contribution in [0.5, 0.6) is 0 Å². The minimum absolute atomic E-state index is 0.156. The summed E-state index contributed by atoms with van der Waals surface area (Å²) in [5, 5.41) is 3.09. The Balaban J connectivity index is 1.33. The van der Waals surface area contributed by atoms with Crippen molar-refractivity contribution in [3.63, 3.8) is 0 Å². The molecule has 0 bridgehead atoms. The van der Waals surface area contributed by atoms with Gasteiger partial charge in [-0.1, -0.05) is 12.1 Å². The third kappa shape index (κ3) is 2.63. The van der Waals surface area contributed by atoms with Gasteiger partial charge in [-0.25, -0.2) is 4.98 Å². The number of nitrogens with two attached hydrogens (primary N) is 1. The average molecular weight is 313 g/mol. The molecule has 4 atom stereocenters. The number of rotatable bonds is 4. The molecule has 1 unspecified atom stereocenters. The number of carbonyl (C=O) groups excluding carboxylic acids is 1. The van der Waals surface area contributed by atoms with E-state index in [1.807, 2.05) is 25.1 Å². The molecule has 1 amide bonds. The van der Waals surface area contributed by atoms with Crippen molar-refractivity contribution < 1.29 is 9.21 Å². The molecule has 0 radical (unpaired) electrons. The van der Waals surface area contributed by atoms with Crippen LogP contribution in [0.15, 0.2) is 22.6 Å². The first kappa shape index (κ1) is 14.7. The standard InChI is InChI=1S/C18H23N3O2/c1-10-21-17-11(3-2-4-16(17)23-10)5-6-20-18(22)13-7-12-9-15(19)14(12)8-13/h2-4,12-15H,5-9,19H2,1H3,(H,20,22)/t12-,13?,14-,15+/m1/s1. The van der Waals surface area contributed by atoms with Crippen molar-refractivity contribution in [2.75, 3.05) is 6.54 Å². The minimum atomic E-state index is 0.156. The van der Waals surface area contributed by atoms with Gasteiger partial charge in [0, 0.05) is 25.4 Å². The molecule has 2 aliphatic rings. The average Bonchev–Trinajstić information content (AvgIpc) is 3.06. The number of benzene rings is 1. The molecule has 5 nitrogen and oxygen atoms in total. The molecular formula is C18H23N3O2. The van der Waals surface area contributed by atoms with Crippen molar-refractivity contribution in [2.24, 2.45) is 23.5 Å². The van der Waals surface area contributed by atoms with Crippen LogP contribution in [0.1, 0.15) is 30.7 Å². The van der Waals surface area contributed by atoms with E-state index in [1.54, 1.807) is 0 Å². The third-order valence-electron chi connectivity index (χ3n) is 5.55. The van der Waals surface area contributed by atoms with E-state index in [2.05, 4.69) is 10.3 Å². The van der Waals surface area contributed by atoms with Gasteiger partial charge in [0.05, 0.1) is 0 Å². The summed E-state index contributed by atoms with van der Waals surface area (Å²) in [6.45, 7) is 2.49. The van der Waals surface area contributed by atoms with E-state index in [-0.39, 0.29) is 11.8 Å². The number of hydrogen-bond acceptors (Lipinski definition) is 4. The maximum Gasteiger partial charge on any atom is 0.223 e.